The van der Waals surface area contributed by atoms with E-state index in [9.17, 15) is 4.79 Å². The molecule has 39 heavy (non-hydrogen) atoms. The zero-order valence-corrected chi connectivity index (χ0v) is 22.0. The summed E-state index contributed by atoms with van der Waals surface area (Å²) in [5.41, 5.74) is 2.56. The quantitative estimate of drug-likeness (QED) is 0.232. The lowest BCUT2D eigenvalue weighted by atomic mass is 10.1. The van der Waals surface area contributed by atoms with Crippen molar-refractivity contribution >= 4 is 16.7 Å². The van der Waals surface area contributed by atoms with E-state index in [2.05, 4.69) is 24.3 Å². The minimum absolute atomic E-state index is 0.0839. The van der Waals surface area contributed by atoms with Crippen LogP contribution in [0, 0.1) is 6.92 Å². The summed E-state index contributed by atoms with van der Waals surface area (Å²) in [6, 6.07) is 27.4. The van der Waals surface area contributed by atoms with E-state index in [-0.39, 0.29) is 12.7 Å². The molecule has 0 aliphatic rings. The van der Waals surface area contributed by atoms with Crippen molar-refractivity contribution in [3.63, 3.8) is 0 Å². The summed E-state index contributed by atoms with van der Waals surface area (Å²) in [5.74, 6) is 2.08. The number of rotatable bonds is 10. The average molecular weight is 524 g/mol. The first kappa shape index (κ1) is 25.8. The first-order valence-corrected chi connectivity index (χ1v) is 12.7. The van der Waals surface area contributed by atoms with Crippen LogP contribution in [0.3, 0.4) is 0 Å². The maximum Gasteiger partial charge on any atom is 0.341 e. The van der Waals surface area contributed by atoms with Crippen LogP contribution in [-0.4, -0.2) is 38.6 Å². The normalized spacial score (nSPS) is 11.1. The zero-order chi connectivity index (χ0) is 27.4. The molecule has 0 fully saturated rings. The number of aromatic nitrogens is 3. The molecule has 0 aliphatic heterocycles. The minimum atomic E-state index is -1.03. The Morgan fingerprint density at radius 3 is 2.36 bits per heavy atom. The van der Waals surface area contributed by atoms with Gasteiger partial charge in [0, 0.05) is 5.56 Å². The first-order chi connectivity index (χ1) is 18.9. The predicted octanol–water partition coefficient (Wildman–Crippen LogP) is 6.23. The Labute approximate surface area is 226 Å². The van der Waals surface area contributed by atoms with Crippen molar-refractivity contribution in [3.05, 3.63) is 96.3 Å². The summed E-state index contributed by atoms with van der Waals surface area (Å²) in [6.45, 7) is 5.57. The number of aryl methyl sites for hydroxylation is 1. The third-order valence-electron chi connectivity index (χ3n) is 5.98. The van der Waals surface area contributed by atoms with E-state index in [1.165, 1.54) is 0 Å². The lowest BCUT2D eigenvalue weighted by molar-refractivity contribution is -0.139. The predicted molar refractivity (Wildman–Crippen MR) is 149 cm³/mol. The second kappa shape index (κ2) is 11.3. The standard InChI is InChI=1S/C31H29N3O5/c1-20(2)39-26-12-10-25(11-13-26)34-31(24-9-8-22-6-4-5-7-23(22)17-24)32-29(33-34)18-37-27-14-15-28(21(3)16-27)38-19-30(35)36/h4-17,20H,18-19H2,1-3H3,(H,35,36). The summed E-state index contributed by atoms with van der Waals surface area (Å²) >= 11 is 0. The van der Waals surface area contributed by atoms with E-state index in [4.69, 9.17) is 29.4 Å². The van der Waals surface area contributed by atoms with Gasteiger partial charge in [0.1, 0.15) is 23.9 Å². The van der Waals surface area contributed by atoms with Crippen LogP contribution in [0.5, 0.6) is 17.2 Å². The third-order valence-corrected chi connectivity index (χ3v) is 5.98. The summed E-state index contributed by atoms with van der Waals surface area (Å²) in [7, 11) is 0. The number of nitrogens with zero attached hydrogens (tertiary/aromatic N) is 3. The Morgan fingerprint density at radius 2 is 1.64 bits per heavy atom. The van der Waals surface area contributed by atoms with Gasteiger partial charge in [0.25, 0.3) is 0 Å². The molecular formula is C31H29N3O5. The fourth-order valence-corrected chi connectivity index (χ4v) is 4.21. The molecule has 0 unspecified atom stereocenters. The van der Waals surface area contributed by atoms with Gasteiger partial charge in [-0.25, -0.2) is 14.5 Å². The summed E-state index contributed by atoms with van der Waals surface area (Å²) in [6.07, 6.45) is 0.0839. The number of fused-ring (bicyclic) bond motifs is 1. The molecule has 0 amide bonds. The molecule has 0 atom stereocenters. The molecular weight excluding hydrogens is 494 g/mol. The molecule has 0 saturated carbocycles. The third kappa shape index (κ3) is 6.18. The highest BCUT2D eigenvalue weighted by molar-refractivity contribution is 5.86. The fraction of sp³-hybridized carbons (Fsp3) is 0.194. The molecule has 1 aromatic heterocycles. The lowest BCUT2D eigenvalue weighted by Crippen LogP contribution is -2.10. The monoisotopic (exact) mass is 523 g/mol. The van der Waals surface area contributed by atoms with Crippen molar-refractivity contribution in [1.82, 2.24) is 14.8 Å². The van der Waals surface area contributed by atoms with Crippen LogP contribution in [-0.2, 0) is 11.4 Å². The average Bonchev–Trinajstić information content (AvgIpc) is 3.35. The van der Waals surface area contributed by atoms with Gasteiger partial charge in [0.15, 0.2) is 18.3 Å². The van der Waals surface area contributed by atoms with Gasteiger partial charge in [0.05, 0.1) is 11.8 Å². The second-order valence-corrected chi connectivity index (χ2v) is 9.38. The van der Waals surface area contributed by atoms with Crippen LogP contribution in [0.15, 0.2) is 84.9 Å². The van der Waals surface area contributed by atoms with Crippen LogP contribution < -0.4 is 14.2 Å². The van der Waals surface area contributed by atoms with Gasteiger partial charge in [0.2, 0.25) is 0 Å². The number of benzene rings is 4. The molecule has 4 aromatic carbocycles. The Bertz CT molecular complexity index is 1610. The summed E-state index contributed by atoms with van der Waals surface area (Å²) in [4.78, 5) is 15.6. The Balaban J connectivity index is 1.44. The maximum absolute atomic E-state index is 10.8. The van der Waals surface area contributed by atoms with Crippen molar-refractivity contribution in [2.75, 3.05) is 6.61 Å². The smallest absolute Gasteiger partial charge is 0.341 e. The highest BCUT2D eigenvalue weighted by Crippen LogP contribution is 2.28. The highest BCUT2D eigenvalue weighted by Gasteiger charge is 2.16. The van der Waals surface area contributed by atoms with E-state index in [1.807, 2.05) is 67.9 Å². The van der Waals surface area contributed by atoms with Gasteiger partial charge < -0.3 is 19.3 Å². The molecule has 5 aromatic rings. The largest absolute Gasteiger partial charge is 0.491 e. The molecule has 5 rings (SSSR count). The van der Waals surface area contributed by atoms with Crippen LogP contribution in [0.4, 0.5) is 0 Å². The summed E-state index contributed by atoms with van der Waals surface area (Å²) < 4.78 is 18.9. The molecule has 0 radical (unpaired) electrons. The number of carboxylic acid groups (broad SMARTS) is 1. The van der Waals surface area contributed by atoms with Crippen molar-refractivity contribution in [3.8, 4) is 34.3 Å². The zero-order valence-electron chi connectivity index (χ0n) is 22.0. The van der Waals surface area contributed by atoms with Crippen LogP contribution in [0.2, 0.25) is 0 Å². The van der Waals surface area contributed by atoms with Gasteiger partial charge in [-0.15, -0.1) is 5.10 Å². The molecule has 8 heteroatoms. The highest BCUT2D eigenvalue weighted by atomic mass is 16.5. The van der Waals surface area contributed by atoms with Gasteiger partial charge >= 0.3 is 5.97 Å². The topological polar surface area (TPSA) is 95.7 Å². The molecule has 0 bridgehead atoms. The van der Waals surface area contributed by atoms with Crippen molar-refractivity contribution in [1.29, 1.82) is 0 Å². The van der Waals surface area contributed by atoms with Crippen molar-refractivity contribution < 1.29 is 24.1 Å². The maximum atomic E-state index is 10.8. The number of hydrogen-bond acceptors (Lipinski definition) is 6. The Morgan fingerprint density at radius 1 is 0.897 bits per heavy atom. The molecule has 8 nitrogen and oxygen atoms in total. The first-order valence-electron chi connectivity index (χ1n) is 12.7. The molecule has 1 heterocycles. The number of carboxylic acids is 1. The van der Waals surface area contributed by atoms with E-state index in [0.717, 1.165) is 33.3 Å². The van der Waals surface area contributed by atoms with Gasteiger partial charge in [-0.05, 0) is 85.6 Å². The van der Waals surface area contributed by atoms with Crippen LogP contribution >= 0.6 is 0 Å². The minimum Gasteiger partial charge on any atom is -0.491 e. The number of hydrogen-bond donors (Lipinski definition) is 1. The Kier molecular flexibility index (Phi) is 7.45. The second-order valence-electron chi connectivity index (χ2n) is 9.38. The van der Waals surface area contributed by atoms with E-state index < -0.39 is 12.6 Å². The number of aliphatic carboxylic acids is 1. The molecule has 0 saturated heterocycles. The van der Waals surface area contributed by atoms with Crippen LogP contribution in [0.25, 0.3) is 27.8 Å². The molecule has 198 valence electrons. The molecule has 1 N–H and O–H groups in total. The number of ether oxygens (including phenoxy) is 3. The Hall–Kier alpha value is -4.85. The van der Waals surface area contributed by atoms with Crippen molar-refractivity contribution in [2.24, 2.45) is 0 Å². The van der Waals surface area contributed by atoms with Gasteiger partial charge in [-0.2, -0.15) is 0 Å². The lowest BCUT2D eigenvalue weighted by Gasteiger charge is -2.11. The number of carbonyl (C=O) groups is 1. The van der Waals surface area contributed by atoms with Gasteiger partial charge in [-0.1, -0.05) is 36.4 Å². The van der Waals surface area contributed by atoms with E-state index in [0.29, 0.717) is 23.1 Å². The fourth-order valence-electron chi connectivity index (χ4n) is 4.21. The van der Waals surface area contributed by atoms with Crippen LogP contribution in [0.1, 0.15) is 25.2 Å². The SMILES string of the molecule is Cc1cc(OCc2nc(-c3ccc4ccccc4c3)n(-c3ccc(OC(C)C)cc3)n2)ccc1OCC(=O)O. The summed E-state index contributed by atoms with van der Waals surface area (Å²) in [5, 5.41) is 15.9. The van der Waals surface area contributed by atoms with E-state index in [1.54, 1.807) is 18.2 Å². The van der Waals surface area contributed by atoms with Gasteiger partial charge in [-0.3, -0.25) is 0 Å². The molecule has 0 aliphatic carbocycles. The van der Waals surface area contributed by atoms with E-state index >= 15 is 0 Å². The van der Waals surface area contributed by atoms with Crippen molar-refractivity contribution in [2.45, 2.75) is 33.5 Å². The molecule has 0 spiro atoms.